The van der Waals surface area contributed by atoms with Gasteiger partial charge in [0.2, 0.25) is 0 Å². The molecule has 1 heterocycles. The molecule has 1 N–H and O–H groups in total. The Morgan fingerprint density at radius 2 is 1.90 bits per heavy atom. The topological polar surface area (TPSA) is 54.2 Å². The highest BCUT2D eigenvalue weighted by atomic mass is 16.3. The van der Waals surface area contributed by atoms with Gasteiger partial charge in [0.25, 0.3) is 0 Å². The van der Waals surface area contributed by atoms with Crippen LogP contribution in [0.4, 0.5) is 0 Å². The van der Waals surface area contributed by atoms with Crippen molar-refractivity contribution >= 4 is 0 Å². The molecule has 0 spiro atoms. The van der Waals surface area contributed by atoms with Gasteiger partial charge in [0.15, 0.2) is 0 Å². The lowest BCUT2D eigenvalue weighted by Gasteiger charge is -2.44. The van der Waals surface area contributed by atoms with Gasteiger partial charge in [-0.05, 0) is 39.8 Å². The zero-order chi connectivity index (χ0) is 15.5. The van der Waals surface area contributed by atoms with Crippen molar-refractivity contribution in [3.8, 4) is 0 Å². The van der Waals surface area contributed by atoms with Gasteiger partial charge in [-0.1, -0.05) is 26.7 Å². The first kappa shape index (κ1) is 16.4. The standard InChI is InChI=1S/C16H30N4O/c1-5-19(6-2)16(9-7-8-10-16)14(21)11-15-17-12-18-20(15)13(3)4/h12-14,21H,5-11H2,1-4H3. The smallest absolute Gasteiger partial charge is 0.138 e. The molecule has 120 valence electrons. The fourth-order valence-electron chi connectivity index (χ4n) is 3.92. The largest absolute Gasteiger partial charge is 0.391 e. The number of hydrogen-bond acceptors (Lipinski definition) is 4. The van der Waals surface area contributed by atoms with Crippen LogP contribution < -0.4 is 0 Å². The van der Waals surface area contributed by atoms with E-state index in [1.165, 1.54) is 12.8 Å². The normalized spacial score (nSPS) is 19.6. The number of nitrogens with zero attached hydrogens (tertiary/aromatic N) is 4. The van der Waals surface area contributed by atoms with Gasteiger partial charge in [-0.25, -0.2) is 9.67 Å². The number of hydrogen-bond donors (Lipinski definition) is 1. The molecule has 5 nitrogen and oxygen atoms in total. The Morgan fingerprint density at radius 3 is 2.43 bits per heavy atom. The van der Waals surface area contributed by atoms with Gasteiger partial charge < -0.3 is 5.11 Å². The summed E-state index contributed by atoms with van der Waals surface area (Å²) in [5, 5.41) is 15.3. The molecule has 0 saturated heterocycles. The third-order valence-electron chi connectivity index (χ3n) is 5.00. The fraction of sp³-hybridized carbons (Fsp3) is 0.875. The predicted molar refractivity (Wildman–Crippen MR) is 84.2 cm³/mol. The maximum atomic E-state index is 11.0. The van der Waals surface area contributed by atoms with Crippen molar-refractivity contribution in [3.63, 3.8) is 0 Å². The Bertz CT molecular complexity index is 433. The lowest BCUT2D eigenvalue weighted by atomic mass is 9.86. The minimum Gasteiger partial charge on any atom is -0.391 e. The Balaban J connectivity index is 2.19. The molecule has 1 saturated carbocycles. The minimum absolute atomic E-state index is 0.0722. The molecule has 0 aromatic carbocycles. The molecule has 1 atom stereocenters. The summed E-state index contributed by atoms with van der Waals surface area (Å²) in [6.07, 6.45) is 6.42. The summed E-state index contributed by atoms with van der Waals surface area (Å²) in [5.41, 5.74) is -0.0722. The average Bonchev–Trinajstić information content (AvgIpc) is 3.09. The summed E-state index contributed by atoms with van der Waals surface area (Å²) >= 11 is 0. The molecule has 1 aliphatic carbocycles. The Morgan fingerprint density at radius 1 is 1.29 bits per heavy atom. The van der Waals surface area contributed by atoms with E-state index in [9.17, 15) is 5.11 Å². The van der Waals surface area contributed by atoms with E-state index in [4.69, 9.17) is 0 Å². The van der Waals surface area contributed by atoms with Crippen LogP contribution in [0, 0.1) is 0 Å². The molecular weight excluding hydrogens is 264 g/mol. The van der Waals surface area contributed by atoms with Crippen LogP contribution in [-0.2, 0) is 6.42 Å². The Kier molecular flexibility index (Phi) is 5.38. The van der Waals surface area contributed by atoms with E-state index in [2.05, 4.69) is 42.7 Å². The number of aliphatic hydroxyl groups is 1. The van der Waals surface area contributed by atoms with Gasteiger partial charge in [0.05, 0.1) is 6.10 Å². The van der Waals surface area contributed by atoms with Crippen LogP contribution in [0.1, 0.15) is 65.2 Å². The molecule has 5 heteroatoms. The highest BCUT2D eigenvalue weighted by Gasteiger charge is 2.44. The van der Waals surface area contributed by atoms with E-state index in [-0.39, 0.29) is 17.7 Å². The second-order valence-corrected chi connectivity index (χ2v) is 6.42. The summed E-state index contributed by atoms with van der Waals surface area (Å²) in [6.45, 7) is 10.6. The van der Waals surface area contributed by atoms with Crippen molar-refractivity contribution in [1.82, 2.24) is 19.7 Å². The maximum absolute atomic E-state index is 11.0. The number of rotatable bonds is 7. The summed E-state index contributed by atoms with van der Waals surface area (Å²) < 4.78 is 1.92. The zero-order valence-electron chi connectivity index (χ0n) is 13.9. The number of aromatic nitrogens is 3. The number of likely N-dealkylation sites (N-methyl/N-ethyl adjacent to an activating group) is 1. The highest BCUT2D eigenvalue weighted by molar-refractivity contribution is 5.04. The van der Waals surface area contributed by atoms with Gasteiger partial charge in [-0.15, -0.1) is 0 Å². The van der Waals surface area contributed by atoms with E-state index in [1.54, 1.807) is 6.33 Å². The minimum atomic E-state index is -0.374. The van der Waals surface area contributed by atoms with Crippen molar-refractivity contribution in [1.29, 1.82) is 0 Å². The molecule has 21 heavy (non-hydrogen) atoms. The van der Waals surface area contributed by atoms with Crippen LogP contribution in [0.15, 0.2) is 6.33 Å². The molecule has 1 fully saturated rings. The van der Waals surface area contributed by atoms with Crippen LogP contribution in [0.3, 0.4) is 0 Å². The first-order chi connectivity index (χ1) is 10.0. The van der Waals surface area contributed by atoms with E-state index < -0.39 is 0 Å². The molecule has 1 aromatic heterocycles. The van der Waals surface area contributed by atoms with Crippen molar-refractivity contribution in [2.24, 2.45) is 0 Å². The van der Waals surface area contributed by atoms with E-state index in [1.807, 2.05) is 4.68 Å². The number of aliphatic hydroxyl groups excluding tert-OH is 1. The van der Waals surface area contributed by atoms with Gasteiger partial charge in [0, 0.05) is 18.0 Å². The SMILES string of the molecule is CCN(CC)C1(C(O)Cc2ncnn2C(C)C)CCCC1. The third kappa shape index (κ3) is 3.14. The summed E-state index contributed by atoms with van der Waals surface area (Å²) in [7, 11) is 0. The van der Waals surface area contributed by atoms with Crippen molar-refractivity contribution in [2.75, 3.05) is 13.1 Å². The molecule has 0 bridgehead atoms. The Hall–Kier alpha value is -0.940. The molecular formula is C16H30N4O. The van der Waals surface area contributed by atoms with Crippen LogP contribution in [0.5, 0.6) is 0 Å². The highest BCUT2D eigenvalue weighted by Crippen LogP contribution is 2.39. The van der Waals surface area contributed by atoms with E-state index in [0.29, 0.717) is 6.42 Å². The predicted octanol–water partition coefficient (Wildman–Crippen LogP) is 2.42. The summed E-state index contributed by atoms with van der Waals surface area (Å²) in [5.74, 6) is 0.899. The van der Waals surface area contributed by atoms with Crippen molar-refractivity contribution < 1.29 is 5.11 Å². The molecule has 0 amide bonds. The van der Waals surface area contributed by atoms with E-state index in [0.717, 1.165) is 31.8 Å². The quantitative estimate of drug-likeness (QED) is 0.839. The molecule has 0 radical (unpaired) electrons. The first-order valence-electron chi connectivity index (χ1n) is 8.36. The molecule has 1 aromatic rings. The first-order valence-corrected chi connectivity index (χ1v) is 8.36. The van der Waals surface area contributed by atoms with Crippen LogP contribution in [0.2, 0.25) is 0 Å². The van der Waals surface area contributed by atoms with Gasteiger partial charge in [-0.2, -0.15) is 5.10 Å². The van der Waals surface area contributed by atoms with Gasteiger partial charge in [-0.3, -0.25) is 4.90 Å². The second kappa shape index (κ2) is 6.88. The molecule has 2 rings (SSSR count). The second-order valence-electron chi connectivity index (χ2n) is 6.42. The van der Waals surface area contributed by atoms with Crippen LogP contribution in [-0.4, -0.2) is 49.5 Å². The van der Waals surface area contributed by atoms with Crippen LogP contribution >= 0.6 is 0 Å². The zero-order valence-corrected chi connectivity index (χ0v) is 13.9. The summed E-state index contributed by atoms with van der Waals surface area (Å²) in [6, 6.07) is 0.280. The third-order valence-corrected chi connectivity index (χ3v) is 5.00. The molecule has 1 aliphatic rings. The van der Waals surface area contributed by atoms with Gasteiger partial charge in [0.1, 0.15) is 12.2 Å². The van der Waals surface area contributed by atoms with Crippen LogP contribution in [0.25, 0.3) is 0 Å². The summed E-state index contributed by atoms with van der Waals surface area (Å²) in [4.78, 5) is 6.81. The van der Waals surface area contributed by atoms with Crippen molar-refractivity contribution in [2.45, 2.75) is 77.5 Å². The average molecular weight is 294 g/mol. The maximum Gasteiger partial charge on any atom is 0.138 e. The van der Waals surface area contributed by atoms with E-state index >= 15 is 0 Å². The monoisotopic (exact) mass is 294 g/mol. The Labute approximate surface area is 128 Å². The lowest BCUT2D eigenvalue weighted by molar-refractivity contribution is -0.0259. The molecule has 1 unspecified atom stereocenters. The van der Waals surface area contributed by atoms with Crippen molar-refractivity contribution in [3.05, 3.63) is 12.2 Å². The molecule has 0 aliphatic heterocycles. The van der Waals surface area contributed by atoms with Gasteiger partial charge >= 0.3 is 0 Å². The lowest BCUT2D eigenvalue weighted by Crippen LogP contribution is -2.55. The fourth-order valence-corrected chi connectivity index (χ4v) is 3.92.